The van der Waals surface area contributed by atoms with E-state index in [1.807, 2.05) is 12.1 Å². The van der Waals surface area contributed by atoms with Crippen molar-refractivity contribution in [1.29, 1.82) is 0 Å². The topological polar surface area (TPSA) is 24.1 Å². The minimum absolute atomic E-state index is 0.193. The van der Waals surface area contributed by atoms with Crippen LogP contribution in [0.15, 0.2) is 48.5 Å². The van der Waals surface area contributed by atoms with Gasteiger partial charge >= 0.3 is 0 Å². The number of aryl methyl sites for hydroxylation is 1. The van der Waals surface area contributed by atoms with Gasteiger partial charge in [-0.05, 0) is 24.6 Å². The zero-order valence-corrected chi connectivity index (χ0v) is 9.20. The van der Waals surface area contributed by atoms with E-state index in [1.165, 1.54) is 22.5 Å². The van der Waals surface area contributed by atoms with Crippen molar-refractivity contribution in [2.45, 2.75) is 13.1 Å². The molecular formula is C14H14N2. The summed E-state index contributed by atoms with van der Waals surface area (Å²) in [6.07, 6.45) is 0.193. The molecule has 0 spiro atoms. The summed E-state index contributed by atoms with van der Waals surface area (Å²) in [5.74, 6) is 0. The number of nitrogens with one attached hydrogen (secondary N) is 2. The number of hydrogen-bond donors (Lipinski definition) is 2. The predicted molar refractivity (Wildman–Crippen MR) is 67.6 cm³/mol. The van der Waals surface area contributed by atoms with Crippen molar-refractivity contribution in [2.75, 3.05) is 10.6 Å². The first-order chi connectivity index (χ1) is 7.83. The van der Waals surface area contributed by atoms with Crippen molar-refractivity contribution < 1.29 is 0 Å². The molecule has 16 heavy (non-hydrogen) atoms. The Morgan fingerprint density at radius 1 is 0.812 bits per heavy atom. The van der Waals surface area contributed by atoms with E-state index in [2.05, 4.69) is 54.0 Å². The molecule has 80 valence electrons. The number of anilines is 2. The molecule has 1 heterocycles. The smallest absolute Gasteiger partial charge is 0.123 e. The Morgan fingerprint density at radius 2 is 1.38 bits per heavy atom. The van der Waals surface area contributed by atoms with Gasteiger partial charge in [-0.25, -0.2) is 0 Å². The summed E-state index contributed by atoms with van der Waals surface area (Å²) < 4.78 is 0. The van der Waals surface area contributed by atoms with Gasteiger partial charge in [0.2, 0.25) is 0 Å². The molecule has 0 saturated heterocycles. The van der Waals surface area contributed by atoms with Crippen molar-refractivity contribution >= 4 is 11.4 Å². The molecule has 2 heteroatoms. The first-order valence-electron chi connectivity index (χ1n) is 5.51. The molecule has 2 aromatic carbocycles. The molecule has 0 saturated carbocycles. The van der Waals surface area contributed by atoms with Crippen LogP contribution in [-0.2, 0) is 0 Å². The molecule has 0 atom stereocenters. The van der Waals surface area contributed by atoms with E-state index in [-0.39, 0.29) is 6.17 Å². The summed E-state index contributed by atoms with van der Waals surface area (Å²) >= 11 is 0. The average molecular weight is 210 g/mol. The molecule has 1 aliphatic rings. The van der Waals surface area contributed by atoms with E-state index < -0.39 is 0 Å². The fourth-order valence-electron chi connectivity index (χ4n) is 2.01. The molecule has 0 fully saturated rings. The Bertz CT molecular complexity index is 477. The first kappa shape index (κ1) is 9.28. The lowest BCUT2D eigenvalue weighted by Gasteiger charge is -2.12. The molecule has 2 nitrogen and oxygen atoms in total. The fourth-order valence-corrected chi connectivity index (χ4v) is 2.01. The van der Waals surface area contributed by atoms with Crippen molar-refractivity contribution in [3.8, 4) is 0 Å². The average Bonchev–Trinajstić information content (AvgIpc) is 2.73. The van der Waals surface area contributed by atoms with Crippen molar-refractivity contribution in [3.05, 3.63) is 59.7 Å². The second-order valence-electron chi connectivity index (χ2n) is 4.18. The van der Waals surface area contributed by atoms with E-state index in [9.17, 15) is 0 Å². The van der Waals surface area contributed by atoms with Crippen LogP contribution in [0.4, 0.5) is 11.4 Å². The monoisotopic (exact) mass is 210 g/mol. The highest BCUT2D eigenvalue weighted by atomic mass is 15.2. The van der Waals surface area contributed by atoms with Crippen LogP contribution >= 0.6 is 0 Å². The Hall–Kier alpha value is -1.96. The number of fused-ring (bicyclic) bond motifs is 1. The molecule has 0 unspecified atom stereocenters. The second kappa shape index (κ2) is 3.56. The third-order valence-electron chi connectivity index (χ3n) is 2.94. The lowest BCUT2D eigenvalue weighted by Crippen LogP contribution is -2.11. The molecule has 3 rings (SSSR count). The van der Waals surface area contributed by atoms with Gasteiger partial charge in [0.05, 0.1) is 11.4 Å². The summed E-state index contributed by atoms with van der Waals surface area (Å²) in [7, 11) is 0. The molecule has 0 radical (unpaired) electrons. The third kappa shape index (κ3) is 1.52. The van der Waals surface area contributed by atoms with E-state index >= 15 is 0 Å². The van der Waals surface area contributed by atoms with Gasteiger partial charge in [-0.3, -0.25) is 0 Å². The van der Waals surface area contributed by atoms with Gasteiger partial charge < -0.3 is 10.6 Å². The van der Waals surface area contributed by atoms with Gasteiger partial charge in [-0.1, -0.05) is 42.0 Å². The molecule has 2 aromatic rings. The van der Waals surface area contributed by atoms with E-state index in [0.29, 0.717) is 0 Å². The molecular weight excluding hydrogens is 196 g/mol. The number of rotatable bonds is 1. The largest absolute Gasteiger partial charge is 0.360 e. The van der Waals surface area contributed by atoms with Crippen LogP contribution in [0.25, 0.3) is 0 Å². The first-order valence-corrected chi connectivity index (χ1v) is 5.51. The minimum Gasteiger partial charge on any atom is -0.360 e. The fraction of sp³-hybridized carbons (Fsp3) is 0.143. The SMILES string of the molecule is Cc1ccc(C2Nc3ccccc3N2)cc1. The molecule has 0 amide bonds. The minimum atomic E-state index is 0.193. The van der Waals surface area contributed by atoms with Crippen LogP contribution in [0.3, 0.4) is 0 Å². The number of benzene rings is 2. The summed E-state index contributed by atoms with van der Waals surface area (Å²) in [6.45, 7) is 2.11. The lowest BCUT2D eigenvalue weighted by atomic mass is 10.1. The number of para-hydroxylation sites is 2. The van der Waals surface area contributed by atoms with Crippen LogP contribution < -0.4 is 10.6 Å². The summed E-state index contributed by atoms with van der Waals surface area (Å²) in [4.78, 5) is 0. The van der Waals surface area contributed by atoms with Gasteiger partial charge in [0.25, 0.3) is 0 Å². The zero-order valence-electron chi connectivity index (χ0n) is 9.20. The Morgan fingerprint density at radius 3 is 1.94 bits per heavy atom. The van der Waals surface area contributed by atoms with Crippen molar-refractivity contribution in [3.63, 3.8) is 0 Å². The van der Waals surface area contributed by atoms with Gasteiger partial charge in [-0.2, -0.15) is 0 Å². The lowest BCUT2D eigenvalue weighted by molar-refractivity contribution is 0.940. The highest BCUT2D eigenvalue weighted by Crippen LogP contribution is 2.34. The standard InChI is InChI=1S/C14H14N2/c1-10-6-8-11(9-7-10)14-15-12-4-2-3-5-13(12)16-14/h2-9,14-16H,1H3. The maximum absolute atomic E-state index is 3.46. The Balaban J connectivity index is 1.88. The molecule has 0 bridgehead atoms. The maximum atomic E-state index is 3.46. The predicted octanol–water partition coefficient (Wildman–Crippen LogP) is 3.53. The van der Waals surface area contributed by atoms with E-state index in [1.54, 1.807) is 0 Å². The van der Waals surface area contributed by atoms with Crippen LogP contribution in [-0.4, -0.2) is 0 Å². The second-order valence-corrected chi connectivity index (χ2v) is 4.18. The Labute approximate surface area is 95.3 Å². The van der Waals surface area contributed by atoms with Crippen LogP contribution in [0.5, 0.6) is 0 Å². The van der Waals surface area contributed by atoms with Crippen molar-refractivity contribution in [1.82, 2.24) is 0 Å². The van der Waals surface area contributed by atoms with Gasteiger partial charge in [0.1, 0.15) is 6.17 Å². The van der Waals surface area contributed by atoms with E-state index in [0.717, 1.165) is 0 Å². The maximum Gasteiger partial charge on any atom is 0.123 e. The van der Waals surface area contributed by atoms with Crippen LogP contribution in [0, 0.1) is 6.92 Å². The van der Waals surface area contributed by atoms with Crippen LogP contribution in [0.2, 0.25) is 0 Å². The third-order valence-corrected chi connectivity index (χ3v) is 2.94. The van der Waals surface area contributed by atoms with Gasteiger partial charge in [0.15, 0.2) is 0 Å². The highest BCUT2D eigenvalue weighted by Gasteiger charge is 2.19. The van der Waals surface area contributed by atoms with Crippen molar-refractivity contribution in [2.24, 2.45) is 0 Å². The van der Waals surface area contributed by atoms with Gasteiger partial charge in [0, 0.05) is 0 Å². The highest BCUT2D eigenvalue weighted by molar-refractivity contribution is 5.74. The zero-order chi connectivity index (χ0) is 11.0. The summed E-state index contributed by atoms with van der Waals surface area (Å²) in [6, 6.07) is 16.9. The normalized spacial score (nSPS) is 14.1. The van der Waals surface area contributed by atoms with Gasteiger partial charge in [-0.15, -0.1) is 0 Å². The number of hydrogen-bond acceptors (Lipinski definition) is 2. The summed E-state index contributed by atoms with van der Waals surface area (Å²) in [5.41, 5.74) is 4.90. The molecule has 1 aliphatic heterocycles. The van der Waals surface area contributed by atoms with Crippen LogP contribution in [0.1, 0.15) is 17.3 Å². The summed E-state index contributed by atoms with van der Waals surface area (Å²) in [5, 5.41) is 6.92. The molecule has 0 aromatic heterocycles. The molecule has 0 aliphatic carbocycles. The Kier molecular flexibility index (Phi) is 2.07. The quantitative estimate of drug-likeness (QED) is 0.752. The van der Waals surface area contributed by atoms with E-state index in [4.69, 9.17) is 0 Å². The molecule has 2 N–H and O–H groups in total.